The number of thiocarbonyl (C=S) groups is 1. The van der Waals surface area contributed by atoms with E-state index in [-0.39, 0.29) is 5.91 Å². The lowest BCUT2D eigenvalue weighted by Gasteiger charge is -2.35. The average molecular weight is 343 g/mol. The van der Waals surface area contributed by atoms with E-state index in [2.05, 4.69) is 22.3 Å². The van der Waals surface area contributed by atoms with Crippen LogP contribution in [0, 0.1) is 0 Å². The van der Waals surface area contributed by atoms with Crippen molar-refractivity contribution in [3.63, 3.8) is 0 Å². The van der Waals surface area contributed by atoms with Gasteiger partial charge in [-0.15, -0.1) is 0 Å². The van der Waals surface area contributed by atoms with Gasteiger partial charge in [-0.2, -0.15) is 0 Å². The molecular weight excluding hydrogens is 322 g/mol. The van der Waals surface area contributed by atoms with E-state index in [4.69, 9.17) is 16.6 Å². The molecular formula is C18H21N3O2S. The third-order valence-electron chi connectivity index (χ3n) is 4.12. The highest BCUT2D eigenvalue weighted by molar-refractivity contribution is 7.80. The first kappa shape index (κ1) is 16.5. The Bertz CT molecular complexity index is 665. The fourth-order valence-corrected chi connectivity index (χ4v) is 3.02. The molecule has 0 radical (unpaired) electrons. The third-order valence-corrected chi connectivity index (χ3v) is 4.52. The molecule has 6 heteroatoms. The number of piperazine rings is 1. The molecule has 0 saturated carbocycles. The fourth-order valence-electron chi connectivity index (χ4n) is 2.74. The van der Waals surface area contributed by atoms with Crippen molar-refractivity contribution in [1.82, 2.24) is 15.1 Å². The summed E-state index contributed by atoms with van der Waals surface area (Å²) in [5.74, 6) is 0.342. The molecule has 24 heavy (non-hydrogen) atoms. The van der Waals surface area contributed by atoms with Gasteiger partial charge in [-0.25, -0.2) is 0 Å². The largest absolute Gasteiger partial charge is 0.459 e. The lowest BCUT2D eigenvalue weighted by molar-refractivity contribution is 0.0659. The van der Waals surface area contributed by atoms with Gasteiger partial charge >= 0.3 is 0 Å². The molecule has 2 aromatic rings. The van der Waals surface area contributed by atoms with Gasteiger partial charge in [0.2, 0.25) is 0 Å². The maximum atomic E-state index is 12.2. The van der Waals surface area contributed by atoms with Gasteiger partial charge in [0.15, 0.2) is 10.9 Å². The van der Waals surface area contributed by atoms with Gasteiger partial charge in [-0.3, -0.25) is 4.79 Å². The molecule has 0 bridgehead atoms. The smallest absolute Gasteiger partial charge is 0.289 e. The van der Waals surface area contributed by atoms with Crippen LogP contribution in [0.1, 0.15) is 16.1 Å². The molecule has 1 aliphatic heterocycles. The first-order chi connectivity index (χ1) is 11.7. The van der Waals surface area contributed by atoms with Crippen LogP contribution in [0.15, 0.2) is 53.1 Å². The van der Waals surface area contributed by atoms with E-state index in [0.717, 1.165) is 31.2 Å². The lowest BCUT2D eigenvalue weighted by atomic mass is 10.1. The number of nitrogens with one attached hydrogen (secondary N) is 1. The van der Waals surface area contributed by atoms with E-state index >= 15 is 0 Å². The minimum Gasteiger partial charge on any atom is -0.459 e. The Balaban J connectivity index is 1.41. The molecule has 0 atom stereocenters. The van der Waals surface area contributed by atoms with E-state index < -0.39 is 0 Å². The predicted octanol–water partition coefficient (Wildman–Crippen LogP) is 2.15. The van der Waals surface area contributed by atoms with Crippen molar-refractivity contribution >= 4 is 23.2 Å². The number of carbonyl (C=O) groups is 1. The summed E-state index contributed by atoms with van der Waals surface area (Å²) in [6.07, 6.45) is 2.47. The zero-order valence-corrected chi connectivity index (χ0v) is 14.3. The Hall–Kier alpha value is -2.34. The molecule has 1 fully saturated rings. The van der Waals surface area contributed by atoms with Crippen LogP contribution in [0.5, 0.6) is 0 Å². The monoisotopic (exact) mass is 343 g/mol. The number of hydrogen-bond donors (Lipinski definition) is 1. The van der Waals surface area contributed by atoms with Crippen LogP contribution in [-0.2, 0) is 6.42 Å². The maximum absolute atomic E-state index is 12.2. The molecule has 1 aromatic carbocycles. The Morgan fingerprint density at radius 1 is 1.04 bits per heavy atom. The van der Waals surface area contributed by atoms with Crippen molar-refractivity contribution in [1.29, 1.82) is 0 Å². The molecule has 1 aromatic heterocycles. The van der Waals surface area contributed by atoms with Crippen LogP contribution < -0.4 is 5.32 Å². The minimum absolute atomic E-state index is 0.0531. The summed E-state index contributed by atoms with van der Waals surface area (Å²) < 4.78 is 5.18. The van der Waals surface area contributed by atoms with Gasteiger partial charge < -0.3 is 19.5 Å². The van der Waals surface area contributed by atoms with Crippen LogP contribution >= 0.6 is 12.2 Å². The number of furan rings is 1. The summed E-state index contributed by atoms with van der Waals surface area (Å²) >= 11 is 5.47. The fraction of sp³-hybridized carbons (Fsp3) is 0.333. The molecule has 0 unspecified atom stereocenters. The highest BCUT2D eigenvalue weighted by Crippen LogP contribution is 2.09. The number of benzene rings is 1. The molecule has 1 N–H and O–H groups in total. The Kier molecular flexibility index (Phi) is 5.48. The molecule has 5 nitrogen and oxygen atoms in total. The number of carbonyl (C=O) groups excluding carboxylic acids is 1. The van der Waals surface area contributed by atoms with Gasteiger partial charge in [0.25, 0.3) is 5.91 Å². The Morgan fingerprint density at radius 3 is 2.42 bits per heavy atom. The first-order valence-electron chi connectivity index (χ1n) is 8.13. The first-order valence-corrected chi connectivity index (χ1v) is 8.54. The highest BCUT2D eigenvalue weighted by atomic mass is 32.1. The molecule has 3 rings (SSSR count). The average Bonchev–Trinajstić information content (AvgIpc) is 3.17. The second-order valence-corrected chi connectivity index (χ2v) is 6.11. The second-order valence-electron chi connectivity index (χ2n) is 5.72. The summed E-state index contributed by atoms with van der Waals surface area (Å²) in [7, 11) is 0. The van der Waals surface area contributed by atoms with Crippen molar-refractivity contribution in [3.8, 4) is 0 Å². The molecule has 1 amide bonds. The third kappa shape index (κ3) is 4.14. The molecule has 0 spiro atoms. The summed E-state index contributed by atoms with van der Waals surface area (Å²) in [5, 5.41) is 4.07. The Labute approximate surface area is 147 Å². The summed E-state index contributed by atoms with van der Waals surface area (Å²) in [6.45, 7) is 3.60. The summed E-state index contributed by atoms with van der Waals surface area (Å²) in [6, 6.07) is 13.8. The van der Waals surface area contributed by atoms with Gasteiger partial charge in [0, 0.05) is 32.7 Å². The van der Waals surface area contributed by atoms with Gasteiger partial charge in [0.1, 0.15) is 0 Å². The van der Waals surface area contributed by atoms with Gasteiger partial charge in [-0.05, 0) is 36.3 Å². The Morgan fingerprint density at radius 2 is 1.75 bits per heavy atom. The van der Waals surface area contributed by atoms with E-state index in [1.165, 1.54) is 11.8 Å². The normalized spacial score (nSPS) is 14.5. The SMILES string of the molecule is O=C(c1ccco1)N1CCN(C(=S)NCCc2ccccc2)CC1. The maximum Gasteiger partial charge on any atom is 0.289 e. The lowest BCUT2D eigenvalue weighted by Crippen LogP contribution is -2.53. The van der Waals surface area contributed by atoms with Crippen LogP contribution in [0.2, 0.25) is 0 Å². The number of hydrogen-bond acceptors (Lipinski definition) is 3. The van der Waals surface area contributed by atoms with E-state index in [1.807, 2.05) is 23.1 Å². The molecule has 1 saturated heterocycles. The minimum atomic E-state index is -0.0531. The van der Waals surface area contributed by atoms with Crippen molar-refractivity contribution in [2.75, 3.05) is 32.7 Å². The molecule has 126 valence electrons. The summed E-state index contributed by atoms with van der Waals surface area (Å²) in [4.78, 5) is 16.2. The van der Waals surface area contributed by atoms with E-state index in [1.54, 1.807) is 12.1 Å². The second kappa shape index (κ2) is 7.97. The van der Waals surface area contributed by atoms with Crippen molar-refractivity contribution < 1.29 is 9.21 Å². The topological polar surface area (TPSA) is 48.7 Å². The van der Waals surface area contributed by atoms with Crippen LogP contribution in [0.4, 0.5) is 0 Å². The highest BCUT2D eigenvalue weighted by Gasteiger charge is 2.24. The molecule has 2 heterocycles. The van der Waals surface area contributed by atoms with E-state index in [0.29, 0.717) is 18.8 Å². The van der Waals surface area contributed by atoms with Crippen LogP contribution in [-0.4, -0.2) is 53.5 Å². The quantitative estimate of drug-likeness (QED) is 0.862. The number of nitrogens with zero attached hydrogens (tertiary/aromatic N) is 2. The molecule has 0 aliphatic carbocycles. The van der Waals surface area contributed by atoms with Crippen LogP contribution in [0.3, 0.4) is 0 Å². The van der Waals surface area contributed by atoms with Crippen molar-refractivity contribution in [3.05, 3.63) is 60.1 Å². The number of amides is 1. The summed E-state index contributed by atoms with van der Waals surface area (Å²) in [5.41, 5.74) is 1.29. The van der Waals surface area contributed by atoms with Crippen LogP contribution in [0.25, 0.3) is 0 Å². The van der Waals surface area contributed by atoms with Crippen molar-refractivity contribution in [2.45, 2.75) is 6.42 Å². The van der Waals surface area contributed by atoms with Crippen molar-refractivity contribution in [2.24, 2.45) is 0 Å². The standard InChI is InChI=1S/C18H21N3O2S/c22-17(16-7-4-14-23-16)20-10-12-21(13-11-20)18(24)19-9-8-15-5-2-1-3-6-15/h1-7,14H,8-13H2,(H,19,24). The van der Waals surface area contributed by atoms with Gasteiger partial charge in [0.05, 0.1) is 6.26 Å². The number of rotatable bonds is 4. The predicted molar refractivity (Wildman–Crippen MR) is 96.9 cm³/mol. The molecule has 1 aliphatic rings. The van der Waals surface area contributed by atoms with Gasteiger partial charge in [-0.1, -0.05) is 30.3 Å². The van der Waals surface area contributed by atoms with E-state index in [9.17, 15) is 4.79 Å². The zero-order chi connectivity index (χ0) is 16.8. The zero-order valence-electron chi connectivity index (χ0n) is 13.5.